The Morgan fingerprint density at radius 3 is 2.48 bits per heavy atom. The van der Waals surface area contributed by atoms with Gasteiger partial charge in [0.15, 0.2) is 0 Å². The second-order valence-electron chi connectivity index (χ2n) is 5.58. The molecule has 0 radical (unpaired) electrons. The molecule has 0 aliphatic heterocycles. The molecule has 0 saturated heterocycles. The van der Waals surface area contributed by atoms with Crippen LogP contribution in [0.2, 0.25) is 0 Å². The molecule has 0 bridgehead atoms. The molecule has 0 unspecified atom stereocenters. The van der Waals surface area contributed by atoms with Gasteiger partial charge in [0.2, 0.25) is 5.91 Å². The third kappa shape index (κ3) is 7.03. The maximum Gasteiger partial charge on any atom is 0.323 e. The van der Waals surface area contributed by atoms with Gasteiger partial charge in [-0.25, -0.2) is 0 Å². The largest absolute Gasteiger partial charge is 0.493 e. The molecule has 2 aromatic rings. The fraction of sp³-hybridized carbons (Fsp3) is 0.316. The van der Waals surface area contributed by atoms with E-state index in [2.05, 4.69) is 4.98 Å². The van der Waals surface area contributed by atoms with E-state index < -0.39 is 5.97 Å². The average molecular weight is 342 g/mol. The molecule has 0 atom stereocenters. The highest BCUT2D eigenvalue weighted by molar-refractivity contribution is 5.81. The molecule has 0 saturated carbocycles. The van der Waals surface area contributed by atoms with E-state index in [1.807, 2.05) is 30.3 Å². The van der Waals surface area contributed by atoms with Gasteiger partial charge < -0.3 is 14.7 Å². The number of hydrogen-bond donors (Lipinski definition) is 1. The highest BCUT2D eigenvalue weighted by Crippen LogP contribution is 2.08. The Labute approximate surface area is 147 Å². The minimum atomic E-state index is -1.01. The second kappa shape index (κ2) is 10.1. The number of hydrogen-bond acceptors (Lipinski definition) is 4. The summed E-state index contributed by atoms with van der Waals surface area (Å²) in [7, 11) is 0. The van der Waals surface area contributed by atoms with E-state index in [4.69, 9.17) is 9.84 Å². The number of nitrogens with zero attached hydrogens (tertiary/aromatic N) is 2. The van der Waals surface area contributed by atoms with Gasteiger partial charge in [-0.05, 0) is 30.5 Å². The number of amides is 1. The van der Waals surface area contributed by atoms with Crippen LogP contribution in [0.3, 0.4) is 0 Å². The summed E-state index contributed by atoms with van der Waals surface area (Å²) in [5.74, 6) is -0.472. The van der Waals surface area contributed by atoms with Crippen LogP contribution in [0.4, 0.5) is 0 Å². The van der Waals surface area contributed by atoms with E-state index in [1.165, 1.54) is 4.90 Å². The molecule has 1 amide bonds. The lowest BCUT2D eigenvalue weighted by molar-refractivity contribution is -0.144. The fourth-order valence-electron chi connectivity index (χ4n) is 2.37. The van der Waals surface area contributed by atoms with E-state index in [0.29, 0.717) is 31.7 Å². The Morgan fingerprint density at radius 2 is 1.80 bits per heavy atom. The van der Waals surface area contributed by atoms with Gasteiger partial charge in [0.1, 0.15) is 12.3 Å². The summed E-state index contributed by atoms with van der Waals surface area (Å²) in [6, 6.07) is 13.2. The Morgan fingerprint density at radius 1 is 1.08 bits per heavy atom. The number of carbonyl (C=O) groups is 2. The third-order valence-corrected chi connectivity index (χ3v) is 3.65. The third-order valence-electron chi connectivity index (χ3n) is 3.65. The summed E-state index contributed by atoms with van der Waals surface area (Å²) in [6.07, 6.45) is 4.69. The Hall–Kier alpha value is -2.89. The molecule has 6 heteroatoms. The molecular weight excluding hydrogens is 320 g/mol. The van der Waals surface area contributed by atoms with Gasteiger partial charge in [-0.3, -0.25) is 14.6 Å². The van der Waals surface area contributed by atoms with Gasteiger partial charge in [-0.15, -0.1) is 0 Å². The smallest absolute Gasteiger partial charge is 0.323 e. The van der Waals surface area contributed by atoms with Crippen molar-refractivity contribution in [3.8, 4) is 5.75 Å². The van der Waals surface area contributed by atoms with Crippen molar-refractivity contribution in [2.24, 2.45) is 0 Å². The van der Waals surface area contributed by atoms with Crippen LogP contribution in [0.15, 0.2) is 54.9 Å². The Kier molecular flexibility index (Phi) is 7.43. The molecule has 25 heavy (non-hydrogen) atoms. The molecule has 132 valence electrons. The molecule has 0 spiro atoms. The number of rotatable bonds is 10. The molecule has 1 heterocycles. The molecule has 0 aliphatic rings. The van der Waals surface area contributed by atoms with E-state index in [0.717, 1.165) is 5.56 Å². The van der Waals surface area contributed by atoms with Crippen molar-refractivity contribution in [3.63, 3.8) is 0 Å². The number of aromatic nitrogens is 1. The van der Waals surface area contributed by atoms with Gasteiger partial charge in [-0.2, -0.15) is 0 Å². The zero-order chi connectivity index (χ0) is 17.9. The number of benzene rings is 1. The van der Waals surface area contributed by atoms with Crippen molar-refractivity contribution in [2.45, 2.75) is 19.3 Å². The number of aliphatic carboxylic acids is 1. The van der Waals surface area contributed by atoms with E-state index >= 15 is 0 Å². The molecule has 6 nitrogen and oxygen atoms in total. The zero-order valence-corrected chi connectivity index (χ0v) is 14.0. The van der Waals surface area contributed by atoms with Crippen molar-refractivity contribution < 1.29 is 19.4 Å². The standard InChI is InChI=1S/C19H22N2O4/c22-18(7-4-14-25-17-8-11-20-12-9-17)21(15-19(23)24)13-10-16-5-2-1-3-6-16/h1-3,5-6,8-9,11-12H,4,7,10,13-15H2,(H,23,24). The lowest BCUT2D eigenvalue weighted by atomic mass is 10.1. The topological polar surface area (TPSA) is 79.7 Å². The summed E-state index contributed by atoms with van der Waals surface area (Å²) >= 11 is 0. The molecule has 1 aromatic heterocycles. The molecule has 2 rings (SSSR count). The predicted octanol–water partition coefficient (Wildman–Crippen LogP) is 2.40. The van der Waals surface area contributed by atoms with E-state index in [1.54, 1.807) is 24.5 Å². The summed E-state index contributed by atoms with van der Waals surface area (Å²) in [5.41, 5.74) is 1.08. The maximum atomic E-state index is 12.3. The predicted molar refractivity (Wildman–Crippen MR) is 93.3 cm³/mol. The lowest BCUT2D eigenvalue weighted by Crippen LogP contribution is -2.37. The quantitative estimate of drug-likeness (QED) is 0.671. The lowest BCUT2D eigenvalue weighted by Gasteiger charge is -2.21. The van der Waals surface area contributed by atoms with Crippen LogP contribution in [-0.2, 0) is 16.0 Å². The summed E-state index contributed by atoms with van der Waals surface area (Å²) in [4.78, 5) is 28.6. The van der Waals surface area contributed by atoms with Gasteiger partial charge in [-0.1, -0.05) is 30.3 Å². The van der Waals surface area contributed by atoms with Gasteiger partial charge in [0, 0.05) is 25.4 Å². The summed E-state index contributed by atoms with van der Waals surface area (Å²) in [6.45, 7) is 0.507. The van der Waals surface area contributed by atoms with Crippen molar-refractivity contribution in [1.82, 2.24) is 9.88 Å². The van der Waals surface area contributed by atoms with Crippen LogP contribution in [0.25, 0.3) is 0 Å². The average Bonchev–Trinajstić information content (AvgIpc) is 2.63. The van der Waals surface area contributed by atoms with Crippen LogP contribution in [-0.4, -0.2) is 46.6 Å². The van der Waals surface area contributed by atoms with E-state index in [9.17, 15) is 9.59 Å². The minimum absolute atomic E-state index is 0.170. The molecule has 1 aromatic carbocycles. The Balaban J connectivity index is 1.77. The number of carbonyl (C=O) groups excluding carboxylic acids is 1. The maximum absolute atomic E-state index is 12.3. The molecular formula is C19H22N2O4. The number of ether oxygens (including phenoxy) is 1. The molecule has 0 fully saturated rings. The van der Waals surface area contributed by atoms with Crippen LogP contribution in [0.1, 0.15) is 18.4 Å². The number of pyridine rings is 1. The highest BCUT2D eigenvalue weighted by Gasteiger charge is 2.16. The first kappa shape index (κ1) is 18.4. The zero-order valence-electron chi connectivity index (χ0n) is 14.0. The van der Waals surface area contributed by atoms with Gasteiger partial charge in [0.05, 0.1) is 6.61 Å². The van der Waals surface area contributed by atoms with Gasteiger partial charge >= 0.3 is 5.97 Å². The van der Waals surface area contributed by atoms with Crippen molar-refractivity contribution in [1.29, 1.82) is 0 Å². The van der Waals surface area contributed by atoms with Gasteiger partial charge in [0.25, 0.3) is 0 Å². The van der Waals surface area contributed by atoms with Crippen LogP contribution in [0.5, 0.6) is 5.75 Å². The number of carboxylic acid groups (broad SMARTS) is 1. The van der Waals surface area contributed by atoms with Crippen molar-refractivity contribution in [3.05, 3.63) is 60.4 Å². The molecule has 1 N–H and O–H groups in total. The fourth-order valence-corrected chi connectivity index (χ4v) is 2.37. The molecule has 0 aliphatic carbocycles. The Bertz CT molecular complexity index is 662. The first-order chi connectivity index (χ1) is 12.1. The first-order valence-corrected chi connectivity index (χ1v) is 8.21. The van der Waals surface area contributed by atoms with Crippen molar-refractivity contribution in [2.75, 3.05) is 19.7 Å². The minimum Gasteiger partial charge on any atom is -0.493 e. The van der Waals surface area contributed by atoms with E-state index in [-0.39, 0.29) is 18.9 Å². The summed E-state index contributed by atoms with van der Waals surface area (Å²) in [5, 5.41) is 9.03. The van der Waals surface area contributed by atoms with Crippen LogP contribution < -0.4 is 4.74 Å². The highest BCUT2D eigenvalue weighted by atomic mass is 16.5. The summed E-state index contributed by atoms with van der Waals surface area (Å²) < 4.78 is 5.52. The van der Waals surface area contributed by atoms with Crippen LogP contribution >= 0.6 is 0 Å². The normalized spacial score (nSPS) is 10.2. The second-order valence-corrected chi connectivity index (χ2v) is 5.58. The SMILES string of the molecule is O=C(O)CN(CCc1ccccc1)C(=O)CCCOc1ccncc1. The van der Waals surface area contributed by atoms with Crippen LogP contribution in [0, 0.1) is 0 Å². The first-order valence-electron chi connectivity index (χ1n) is 8.21. The number of carboxylic acids is 1. The van der Waals surface area contributed by atoms with Crippen molar-refractivity contribution >= 4 is 11.9 Å². The monoisotopic (exact) mass is 342 g/mol.